The number of aromatic amines is 1. The van der Waals surface area contributed by atoms with Gasteiger partial charge in [-0.1, -0.05) is 75.4 Å². The van der Waals surface area contributed by atoms with Gasteiger partial charge in [0.2, 0.25) is 5.56 Å². The summed E-state index contributed by atoms with van der Waals surface area (Å²) >= 11 is 0. The van der Waals surface area contributed by atoms with Gasteiger partial charge in [0.05, 0.1) is 28.9 Å². The summed E-state index contributed by atoms with van der Waals surface area (Å²) in [6, 6.07) is 28.5. The highest BCUT2D eigenvalue weighted by Gasteiger charge is 2.41. The molecule has 0 unspecified atom stereocenters. The van der Waals surface area contributed by atoms with Crippen LogP contribution in [0.15, 0.2) is 105 Å². The fraction of sp³-hybridized carbons (Fsp3) is 0.396. The number of phenolic OH excluding ortho intramolecular Hbond substituents is 1. The van der Waals surface area contributed by atoms with Gasteiger partial charge < -0.3 is 34.3 Å². The molecule has 4 N–H and O–H groups in total. The summed E-state index contributed by atoms with van der Waals surface area (Å²) < 4.78 is 14.4. The number of anilines is 1. The monoisotopic (exact) mass is 843 g/mol. The maximum Gasteiger partial charge on any atom is 0.419 e. The molecule has 320 valence electrons. The number of hydrogen-bond acceptors (Lipinski definition) is 8. The first-order chi connectivity index (χ1) is 29.2. The Balaban J connectivity index is 0.975. The van der Waals surface area contributed by atoms with Crippen LogP contribution in [0, 0.1) is 5.92 Å². The molecule has 12 nitrogen and oxygen atoms in total. The lowest BCUT2D eigenvalue weighted by Gasteiger charge is -2.48. The van der Waals surface area contributed by atoms with Gasteiger partial charge in [-0.15, -0.1) is 0 Å². The van der Waals surface area contributed by atoms with E-state index in [2.05, 4.69) is 55.1 Å². The molecular formula is C48H57N5O7Si. The molecule has 2 atom stereocenters. The zero-order valence-corrected chi connectivity index (χ0v) is 36.7. The Morgan fingerprint density at radius 2 is 1.74 bits per heavy atom. The largest absolute Gasteiger partial charge is 0.506 e. The molecule has 0 spiro atoms. The van der Waals surface area contributed by atoms with Crippen molar-refractivity contribution < 1.29 is 23.9 Å². The number of nitrogens with zero attached hydrogens (tertiary/aromatic N) is 3. The molecule has 2 bridgehead atoms. The summed E-state index contributed by atoms with van der Waals surface area (Å²) in [5.74, 6) is -0.0742. The number of aromatic nitrogens is 2. The number of aromatic hydroxyl groups is 1. The van der Waals surface area contributed by atoms with Crippen molar-refractivity contribution in [3.05, 3.63) is 129 Å². The highest BCUT2D eigenvalue weighted by atomic mass is 28.4. The molecule has 6 aromatic rings. The predicted octanol–water partition coefficient (Wildman–Crippen LogP) is 8.87. The maximum atomic E-state index is 13.2. The van der Waals surface area contributed by atoms with E-state index in [9.17, 15) is 24.6 Å². The number of benzene rings is 4. The van der Waals surface area contributed by atoms with Crippen molar-refractivity contribution in [1.82, 2.24) is 19.8 Å². The summed E-state index contributed by atoms with van der Waals surface area (Å²) in [5.41, 5.74) is 6.74. The van der Waals surface area contributed by atoms with Gasteiger partial charge in [0.15, 0.2) is 13.9 Å². The maximum absolute atomic E-state index is 13.2. The van der Waals surface area contributed by atoms with Crippen LogP contribution in [0.25, 0.3) is 33.1 Å². The molecule has 9 rings (SSSR count). The van der Waals surface area contributed by atoms with E-state index in [1.54, 1.807) is 21.6 Å². The number of oxazole rings is 1. The number of H-pyrrole nitrogens is 1. The van der Waals surface area contributed by atoms with Crippen molar-refractivity contribution in [2.24, 2.45) is 5.92 Å². The lowest BCUT2D eigenvalue weighted by molar-refractivity contribution is 0.0837. The second-order valence-corrected chi connectivity index (χ2v) is 23.0. The van der Waals surface area contributed by atoms with Crippen LogP contribution in [0.5, 0.6) is 5.75 Å². The number of fused-ring (bicyclic) bond motifs is 5. The van der Waals surface area contributed by atoms with Gasteiger partial charge in [0.25, 0.3) is 0 Å². The minimum absolute atomic E-state index is 0.00536. The first kappa shape index (κ1) is 42.2. The SMILES string of the molecule is CC(C)(C)[Si](C)(C)O[C@@H](CNCc1ccc2c(c1)oc(=O)n2CCCc1ccc(-c2ccccc2)c(N(C(=O)O)[C@H]2CN3CCC2CC3)c1)c1ccc(O)c2[nH]c(=O)ccc12. The quantitative estimate of drug-likeness (QED) is 0.0788. The third-order valence-electron chi connectivity index (χ3n) is 13.3. The molecule has 0 aliphatic carbocycles. The second kappa shape index (κ2) is 17.1. The van der Waals surface area contributed by atoms with Crippen LogP contribution in [-0.4, -0.2) is 71.3 Å². The van der Waals surface area contributed by atoms with Gasteiger partial charge in [-0.05, 0) is 115 Å². The van der Waals surface area contributed by atoms with Gasteiger partial charge >= 0.3 is 11.8 Å². The topological polar surface area (TPSA) is 153 Å². The van der Waals surface area contributed by atoms with Crippen molar-refractivity contribution in [1.29, 1.82) is 0 Å². The summed E-state index contributed by atoms with van der Waals surface area (Å²) in [6.07, 6.45) is 2.04. The van der Waals surface area contributed by atoms with E-state index in [0.717, 1.165) is 71.2 Å². The van der Waals surface area contributed by atoms with E-state index in [0.29, 0.717) is 55.2 Å². The molecular weight excluding hydrogens is 787 g/mol. The zero-order chi connectivity index (χ0) is 43.1. The lowest BCUT2D eigenvalue weighted by atomic mass is 9.82. The van der Waals surface area contributed by atoms with Gasteiger partial charge in [0.1, 0.15) is 5.75 Å². The van der Waals surface area contributed by atoms with Crippen molar-refractivity contribution in [2.45, 2.75) is 89.8 Å². The molecule has 13 heteroatoms. The summed E-state index contributed by atoms with van der Waals surface area (Å²) in [6.45, 7) is 15.2. The van der Waals surface area contributed by atoms with Crippen LogP contribution in [0.3, 0.4) is 0 Å². The van der Waals surface area contributed by atoms with Crippen LogP contribution in [0.1, 0.15) is 62.8 Å². The van der Waals surface area contributed by atoms with Crippen LogP contribution >= 0.6 is 0 Å². The normalized spacial score (nSPS) is 18.5. The Morgan fingerprint density at radius 3 is 2.44 bits per heavy atom. The van der Waals surface area contributed by atoms with E-state index in [4.69, 9.17) is 8.84 Å². The molecule has 2 aromatic heterocycles. The number of piperidine rings is 3. The Hall–Kier alpha value is -5.47. The van der Waals surface area contributed by atoms with Crippen molar-refractivity contribution >= 4 is 42.1 Å². The number of nitrogens with one attached hydrogen (secondary N) is 2. The smallest absolute Gasteiger partial charge is 0.419 e. The van der Waals surface area contributed by atoms with Crippen LogP contribution in [0.4, 0.5) is 10.5 Å². The molecule has 0 saturated carbocycles. The first-order valence-corrected chi connectivity index (χ1v) is 24.4. The Labute approximate surface area is 356 Å². The molecule has 3 aliphatic rings. The Morgan fingerprint density at radius 1 is 0.984 bits per heavy atom. The third kappa shape index (κ3) is 8.83. The number of aryl methyl sites for hydroxylation is 2. The summed E-state index contributed by atoms with van der Waals surface area (Å²) in [7, 11) is -2.26. The van der Waals surface area contributed by atoms with Crippen molar-refractivity contribution in [3.8, 4) is 16.9 Å². The van der Waals surface area contributed by atoms with Crippen LogP contribution in [-0.2, 0) is 23.9 Å². The van der Waals surface area contributed by atoms with E-state index in [1.165, 1.54) is 6.07 Å². The molecule has 5 heterocycles. The number of rotatable bonds is 14. The van der Waals surface area contributed by atoms with Crippen molar-refractivity contribution in [2.75, 3.05) is 31.1 Å². The highest BCUT2D eigenvalue weighted by molar-refractivity contribution is 6.74. The fourth-order valence-electron chi connectivity index (χ4n) is 8.95. The molecule has 3 fully saturated rings. The number of pyridine rings is 1. The standard InChI is InChI=1S/C48H57N5O7Si/c1-48(2,3)61(4,5)60-43(36-16-19-41(54)45-37(36)17-20-44(55)50-45)29-49-28-32-14-18-38-42(27-32)59-47(58)52(38)23-9-10-31-13-15-35(33-11-7-6-8-12-33)39(26-31)53(46(56)57)40-30-51-24-21-34(40)22-25-51/h6-8,11-20,26-27,34,40,43,49,54H,9-10,21-25,28-30H2,1-5H3,(H,50,55)(H,56,57)/t40-,43-/m0/s1. The molecule has 3 saturated heterocycles. The number of hydrogen-bond donors (Lipinski definition) is 4. The average Bonchev–Trinajstić information content (AvgIpc) is 3.54. The summed E-state index contributed by atoms with van der Waals surface area (Å²) in [5, 5.41) is 25.5. The third-order valence-corrected chi connectivity index (χ3v) is 17.8. The molecule has 1 amide bonds. The summed E-state index contributed by atoms with van der Waals surface area (Å²) in [4.78, 5) is 45.2. The average molecular weight is 844 g/mol. The predicted molar refractivity (Wildman–Crippen MR) is 243 cm³/mol. The van der Waals surface area contributed by atoms with Gasteiger partial charge in [0, 0.05) is 43.2 Å². The molecule has 0 radical (unpaired) electrons. The first-order valence-electron chi connectivity index (χ1n) is 21.5. The molecule has 4 aromatic carbocycles. The van der Waals surface area contributed by atoms with Crippen molar-refractivity contribution in [3.63, 3.8) is 0 Å². The Bertz CT molecular complexity index is 2660. The Kier molecular flexibility index (Phi) is 11.9. The number of carbonyl (C=O) groups is 1. The van der Waals surface area contributed by atoms with E-state index in [1.807, 2.05) is 66.7 Å². The van der Waals surface area contributed by atoms with Crippen LogP contribution in [0.2, 0.25) is 18.1 Å². The number of phenols is 1. The molecule has 61 heavy (non-hydrogen) atoms. The minimum Gasteiger partial charge on any atom is -0.506 e. The van der Waals surface area contributed by atoms with E-state index < -0.39 is 20.2 Å². The zero-order valence-electron chi connectivity index (χ0n) is 35.7. The number of amides is 1. The second-order valence-electron chi connectivity index (χ2n) is 18.3. The minimum atomic E-state index is -2.26. The van der Waals surface area contributed by atoms with Gasteiger partial charge in [-0.3, -0.25) is 14.3 Å². The van der Waals surface area contributed by atoms with E-state index >= 15 is 0 Å². The number of carboxylic acid groups (broad SMARTS) is 1. The fourth-order valence-corrected chi connectivity index (χ4v) is 10.2. The van der Waals surface area contributed by atoms with Gasteiger partial charge in [-0.25, -0.2) is 9.59 Å². The lowest BCUT2D eigenvalue weighted by Crippen LogP contribution is -2.59. The van der Waals surface area contributed by atoms with Crippen LogP contribution < -0.4 is 21.5 Å². The molecule has 3 aliphatic heterocycles. The van der Waals surface area contributed by atoms with E-state index in [-0.39, 0.29) is 28.5 Å². The van der Waals surface area contributed by atoms with Gasteiger partial charge in [-0.2, -0.15) is 0 Å². The highest BCUT2D eigenvalue weighted by Crippen LogP contribution is 2.42.